The standard InChI is InChI=1S/C11H17F3N4/c1-8-10(15)6-18(16-8)9-2-4-17(5-3-9)7-11(12,13)14/h6,9H,2-5,7,15H2,1H3. The number of alkyl halides is 3. The maximum Gasteiger partial charge on any atom is 0.401 e. The number of aryl methyl sites for hydroxylation is 1. The Morgan fingerprint density at radius 3 is 2.44 bits per heavy atom. The molecule has 0 bridgehead atoms. The van der Waals surface area contributed by atoms with Crippen molar-refractivity contribution in [1.82, 2.24) is 14.7 Å². The van der Waals surface area contributed by atoms with E-state index in [-0.39, 0.29) is 6.04 Å². The van der Waals surface area contributed by atoms with E-state index in [0.29, 0.717) is 31.6 Å². The number of rotatable bonds is 2. The zero-order valence-electron chi connectivity index (χ0n) is 10.2. The number of hydrogen-bond donors (Lipinski definition) is 1. The van der Waals surface area contributed by atoms with Crippen LogP contribution in [0.3, 0.4) is 0 Å². The van der Waals surface area contributed by atoms with Crippen LogP contribution in [0, 0.1) is 6.92 Å². The van der Waals surface area contributed by atoms with Crippen molar-refractivity contribution >= 4 is 5.69 Å². The van der Waals surface area contributed by atoms with E-state index in [1.807, 2.05) is 6.92 Å². The number of nitrogens with two attached hydrogens (primary N) is 1. The van der Waals surface area contributed by atoms with E-state index in [9.17, 15) is 13.2 Å². The highest BCUT2D eigenvalue weighted by Crippen LogP contribution is 2.26. The van der Waals surface area contributed by atoms with Gasteiger partial charge in [0, 0.05) is 19.3 Å². The first-order chi connectivity index (χ1) is 8.35. The molecule has 2 rings (SSSR count). The number of nitrogen functional groups attached to an aromatic ring is 1. The largest absolute Gasteiger partial charge is 0.401 e. The quantitative estimate of drug-likeness (QED) is 0.886. The SMILES string of the molecule is Cc1nn(C2CCN(CC(F)(F)F)CC2)cc1N. The van der Waals surface area contributed by atoms with Crippen LogP contribution >= 0.6 is 0 Å². The number of anilines is 1. The van der Waals surface area contributed by atoms with Crippen LogP contribution in [0.25, 0.3) is 0 Å². The lowest BCUT2D eigenvalue weighted by Gasteiger charge is -2.32. The monoisotopic (exact) mass is 262 g/mol. The first-order valence-electron chi connectivity index (χ1n) is 5.95. The summed E-state index contributed by atoms with van der Waals surface area (Å²) in [6.45, 7) is 1.90. The zero-order valence-corrected chi connectivity index (χ0v) is 10.2. The molecular formula is C11H17F3N4. The molecule has 0 radical (unpaired) electrons. The molecule has 4 nitrogen and oxygen atoms in total. The molecule has 102 valence electrons. The van der Waals surface area contributed by atoms with E-state index in [0.717, 1.165) is 5.69 Å². The highest BCUT2D eigenvalue weighted by Gasteiger charge is 2.32. The van der Waals surface area contributed by atoms with E-state index in [2.05, 4.69) is 5.10 Å². The van der Waals surface area contributed by atoms with Crippen LogP contribution in [0.15, 0.2) is 6.20 Å². The number of likely N-dealkylation sites (tertiary alicyclic amines) is 1. The lowest BCUT2D eigenvalue weighted by atomic mass is 10.1. The van der Waals surface area contributed by atoms with Crippen LogP contribution in [0.5, 0.6) is 0 Å². The van der Waals surface area contributed by atoms with E-state index in [1.165, 1.54) is 4.90 Å². The topological polar surface area (TPSA) is 47.1 Å². The fraction of sp³-hybridized carbons (Fsp3) is 0.727. The Bertz CT molecular complexity index is 385. The average Bonchev–Trinajstić information content (AvgIpc) is 2.58. The number of halogens is 3. The van der Waals surface area contributed by atoms with Gasteiger partial charge in [-0.3, -0.25) is 9.58 Å². The van der Waals surface area contributed by atoms with Crippen molar-refractivity contribution in [1.29, 1.82) is 0 Å². The van der Waals surface area contributed by atoms with Gasteiger partial charge in [0.1, 0.15) is 0 Å². The predicted octanol–water partition coefficient (Wildman–Crippen LogP) is 1.97. The molecule has 0 aromatic carbocycles. The van der Waals surface area contributed by atoms with E-state index >= 15 is 0 Å². The molecule has 1 aliphatic rings. The first kappa shape index (κ1) is 13.2. The molecule has 7 heteroatoms. The second-order valence-electron chi connectivity index (χ2n) is 4.77. The summed E-state index contributed by atoms with van der Waals surface area (Å²) in [7, 11) is 0. The fourth-order valence-corrected chi connectivity index (χ4v) is 2.28. The molecule has 2 heterocycles. The summed E-state index contributed by atoms with van der Waals surface area (Å²) in [6, 6.07) is 0.158. The Labute approximate surface area is 104 Å². The summed E-state index contributed by atoms with van der Waals surface area (Å²) in [6.07, 6.45) is -0.994. The molecular weight excluding hydrogens is 245 g/mol. The molecule has 0 amide bonds. The van der Waals surface area contributed by atoms with Crippen molar-refractivity contribution in [3.8, 4) is 0 Å². The lowest BCUT2D eigenvalue weighted by Crippen LogP contribution is -2.40. The van der Waals surface area contributed by atoms with Gasteiger partial charge in [-0.1, -0.05) is 0 Å². The molecule has 2 N–H and O–H groups in total. The Hall–Kier alpha value is -1.24. The minimum Gasteiger partial charge on any atom is -0.396 e. The van der Waals surface area contributed by atoms with Gasteiger partial charge in [-0.15, -0.1) is 0 Å². The number of hydrogen-bond acceptors (Lipinski definition) is 3. The lowest BCUT2D eigenvalue weighted by molar-refractivity contribution is -0.148. The van der Waals surface area contributed by atoms with Gasteiger partial charge in [0.2, 0.25) is 0 Å². The Balaban J connectivity index is 1.90. The molecule has 18 heavy (non-hydrogen) atoms. The third kappa shape index (κ3) is 3.16. The van der Waals surface area contributed by atoms with Gasteiger partial charge in [-0.2, -0.15) is 18.3 Å². The summed E-state index contributed by atoms with van der Waals surface area (Å²) in [5, 5.41) is 4.28. The number of piperidine rings is 1. The molecule has 0 aliphatic carbocycles. The predicted molar refractivity (Wildman–Crippen MR) is 62.1 cm³/mol. The fourth-order valence-electron chi connectivity index (χ4n) is 2.28. The van der Waals surface area contributed by atoms with Crippen LogP contribution in [0.4, 0.5) is 18.9 Å². The molecule has 1 saturated heterocycles. The third-order valence-corrected chi connectivity index (χ3v) is 3.29. The van der Waals surface area contributed by atoms with Crippen molar-refractivity contribution in [2.75, 3.05) is 25.4 Å². The van der Waals surface area contributed by atoms with Gasteiger partial charge in [0.15, 0.2) is 0 Å². The van der Waals surface area contributed by atoms with E-state index in [1.54, 1.807) is 10.9 Å². The van der Waals surface area contributed by atoms with Gasteiger partial charge < -0.3 is 5.73 Å². The van der Waals surface area contributed by atoms with Crippen molar-refractivity contribution in [3.63, 3.8) is 0 Å². The molecule has 1 aliphatic heterocycles. The summed E-state index contributed by atoms with van der Waals surface area (Å²) in [5.74, 6) is 0. The van der Waals surface area contributed by atoms with E-state index < -0.39 is 12.7 Å². The smallest absolute Gasteiger partial charge is 0.396 e. The molecule has 0 saturated carbocycles. The zero-order chi connectivity index (χ0) is 13.3. The van der Waals surface area contributed by atoms with Crippen LogP contribution in [-0.4, -0.2) is 40.5 Å². The summed E-state index contributed by atoms with van der Waals surface area (Å²) < 4.78 is 38.5. The highest BCUT2D eigenvalue weighted by molar-refractivity contribution is 5.39. The maximum absolute atomic E-state index is 12.2. The minimum absolute atomic E-state index is 0.158. The second-order valence-corrected chi connectivity index (χ2v) is 4.77. The number of nitrogens with zero attached hydrogens (tertiary/aromatic N) is 3. The Morgan fingerprint density at radius 1 is 1.39 bits per heavy atom. The summed E-state index contributed by atoms with van der Waals surface area (Å²) in [4.78, 5) is 1.44. The normalized spacial score (nSPS) is 19.3. The van der Waals surface area contributed by atoms with Crippen molar-refractivity contribution in [2.45, 2.75) is 32.0 Å². The highest BCUT2D eigenvalue weighted by atomic mass is 19.4. The third-order valence-electron chi connectivity index (χ3n) is 3.29. The van der Waals surface area contributed by atoms with Crippen LogP contribution in [0.2, 0.25) is 0 Å². The van der Waals surface area contributed by atoms with Crippen LogP contribution < -0.4 is 5.73 Å². The van der Waals surface area contributed by atoms with Crippen LogP contribution in [0.1, 0.15) is 24.6 Å². The second kappa shape index (κ2) is 4.79. The van der Waals surface area contributed by atoms with Gasteiger partial charge in [0.05, 0.1) is 24.0 Å². The minimum atomic E-state index is -4.11. The average molecular weight is 262 g/mol. The van der Waals surface area contributed by atoms with Gasteiger partial charge in [-0.25, -0.2) is 0 Å². The molecule has 1 fully saturated rings. The number of aromatic nitrogens is 2. The maximum atomic E-state index is 12.2. The van der Waals surface area contributed by atoms with Gasteiger partial charge in [-0.05, 0) is 19.8 Å². The van der Waals surface area contributed by atoms with Gasteiger partial charge >= 0.3 is 6.18 Å². The Morgan fingerprint density at radius 2 is 2.00 bits per heavy atom. The molecule has 0 spiro atoms. The van der Waals surface area contributed by atoms with E-state index in [4.69, 9.17) is 5.73 Å². The van der Waals surface area contributed by atoms with Crippen molar-refractivity contribution < 1.29 is 13.2 Å². The molecule has 1 aromatic rings. The molecule has 1 aromatic heterocycles. The van der Waals surface area contributed by atoms with Crippen molar-refractivity contribution in [2.24, 2.45) is 0 Å². The molecule has 0 atom stereocenters. The summed E-state index contributed by atoms with van der Waals surface area (Å²) in [5.41, 5.74) is 7.12. The van der Waals surface area contributed by atoms with Crippen molar-refractivity contribution in [3.05, 3.63) is 11.9 Å². The Kier molecular flexibility index (Phi) is 3.52. The summed E-state index contributed by atoms with van der Waals surface area (Å²) >= 11 is 0. The van der Waals surface area contributed by atoms with Crippen LogP contribution in [-0.2, 0) is 0 Å². The first-order valence-corrected chi connectivity index (χ1v) is 5.95. The molecule has 0 unspecified atom stereocenters. The van der Waals surface area contributed by atoms with Gasteiger partial charge in [0.25, 0.3) is 0 Å².